The minimum atomic E-state index is -0.541. The van der Waals surface area contributed by atoms with Gasteiger partial charge in [-0.2, -0.15) is 0 Å². The summed E-state index contributed by atoms with van der Waals surface area (Å²) in [6.07, 6.45) is -0.541. The van der Waals surface area contributed by atoms with Gasteiger partial charge < -0.3 is 14.7 Å². The molecule has 0 saturated carbocycles. The molecule has 2 aromatic carbocycles. The lowest BCUT2D eigenvalue weighted by molar-refractivity contribution is 0.0662. The number of hydrogen-bond donors (Lipinski definition) is 1. The van der Waals surface area contributed by atoms with Crippen LogP contribution in [0, 0.1) is 12.7 Å². The molecule has 1 aliphatic heterocycles. The summed E-state index contributed by atoms with van der Waals surface area (Å²) in [4.78, 5) is 4.25. The van der Waals surface area contributed by atoms with Gasteiger partial charge in [0.05, 0.1) is 5.69 Å². The number of aliphatic hydroxyl groups excluding tert-OH is 1. The first-order valence-electron chi connectivity index (χ1n) is 8.71. The van der Waals surface area contributed by atoms with E-state index in [1.165, 1.54) is 6.07 Å². The highest BCUT2D eigenvalue weighted by Crippen LogP contribution is 2.20. The van der Waals surface area contributed by atoms with Crippen LogP contribution in [0.25, 0.3) is 0 Å². The van der Waals surface area contributed by atoms with Crippen molar-refractivity contribution >= 4 is 5.69 Å². The molecule has 0 aliphatic carbocycles. The zero-order valence-corrected chi connectivity index (χ0v) is 14.6. The minimum Gasteiger partial charge on any atom is -0.491 e. The molecule has 25 heavy (non-hydrogen) atoms. The van der Waals surface area contributed by atoms with Crippen molar-refractivity contribution in [3.05, 3.63) is 59.9 Å². The summed E-state index contributed by atoms with van der Waals surface area (Å²) in [7, 11) is 0. The van der Waals surface area contributed by atoms with Gasteiger partial charge in [-0.3, -0.25) is 4.90 Å². The quantitative estimate of drug-likeness (QED) is 0.874. The molecule has 1 unspecified atom stereocenters. The SMILES string of the molecule is Cc1cccc(OCC(O)CN2CCN(c3ccccc3F)CC2)c1. The molecule has 3 rings (SSSR count). The Labute approximate surface area is 148 Å². The number of anilines is 1. The van der Waals surface area contributed by atoms with E-state index in [4.69, 9.17) is 4.74 Å². The van der Waals surface area contributed by atoms with Gasteiger partial charge in [0.25, 0.3) is 0 Å². The second kappa shape index (κ2) is 8.32. The van der Waals surface area contributed by atoms with Crippen LogP contribution in [0.1, 0.15) is 5.56 Å². The van der Waals surface area contributed by atoms with Crippen LogP contribution in [0.15, 0.2) is 48.5 Å². The van der Waals surface area contributed by atoms with Crippen LogP contribution in [0.3, 0.4) is 0 Å². The third kappa shape index (κ3) is 4.94. The second-order valence-electron chi connectivity index (χ2n) is 6.52. The summed E-state index contributed by atoms with van der Waals surface area (Å²) in [6, 6.07) is 14.7. The molecule has 0 aromatic heterocycles. The predicted octanol–water partition coefficient (Wildman–Crippen LogP) is 2.70. The maximum Gasteiger partial charge on any atom is 0.146 e. The number of hydrogen-bond acceptors (Lipinski definition) is 4. The van der Waals surface area contributed by atoms with Gasteiger partial charge in [0.2, 0.25) is 0 Å². The standard InChI is InChI=1S/C20H25FN2O2/c1-16-5-4-6-18(13-16)25-15-17(24)14-22-9-11-23(12-10-22)20-8-3-2-7-19(20)21/h2-8,13,17,24H,9-12,14-15H2,1H3. The van der Waals surface area contributed by atoms with Crippen molar-refractivity contribution in [1.82, 2.24) is 4.90 Å². The van der Waals surface area contributed by atoms with E-state index in [9.17, 15) is 9.50 Å². The van der Waals surface area contributed by atoms with Crippen LogP contribution >= 0.6 is 0 Å². The molecule has 4 nitrogen and oxygen atoms in total. The number of β-amino-alcohol motifs (C(OH)–C–C–N with tert-alkyl or cyclic N) is 1. The molecule has 0 amide bonds. The number of rotatable bonds is 6. The van der Waals surface area contributed by atoms with E-state index >= 15 is 0 Å². The molecule has 0 bridgehead atoms. The van der Waals surface area contributed by atoms with Crippen molar-refractivity contribution in [2.24, 2.45) is 0 Å². The Balaban J connectivity index is 1.43. The molecule has 134 valence electrons. The first-order chi connectivity index (χ1) is 12.1. The van der Waals surface area contributed by atoms with E-state index in [0.717, 1.165) is 37.5 Å². The van der Waals surface area contributed by atoms with Gasteiger partial charge in [-0.15, -0.1) is 0 Å². The smallest absolute Gasteiger partial charge is 0.146 e. The highest BCUT2D eigenvalue weighted by molar-refractivity contribution is 5.48. The Morgan fingerprint density at radius 3 is 2.56 bits per heavy atom. The molecule has 1 N–H and O–H groups in total. The topological polar surface area (TPSA) is 35.9 Å². The Morgan fingerprint density at radius 1 is 1.08 bits per heavy atom. The summed E-state index contributed by atoms with van der Waals surface area (Å²) in [5.41, 5.74) is 1.79. The van der Waals surface area contributed by atoms with Gasteiger partial charge in [-0.05, 0) is 36.8 Å². The van der Waals surface area contributed by atoms with E-state index in [0.29, 0.717) is 12.2 Å². The van der Waals surface area contributed by atoms with Crippen molar-refractivity contribution in [2.75, 3.05) is 44.2 Å². The van der Waals surface area contributed by atoms with E-state index < -0.39 is 6.10 Å². The number of benzene rings is 2. The number of aliphatic hydroxyl groups is 1. The molecular formula is C20H25FN2O2. The summed E-state index contributed by atoms with van der Waals surface area (Å²) >= 11 is 0. The van der Waals surface area contributed by atoms with Crippen molar-refractivity contribution in [3.63, 3.8) is 0 Å². The molecule has 1 atom stereocenters. The molecule has 1 saturated heterocycles. The van der Waals surface area contributed by atoms with E-state index in [2.05, 4.69) is 9.80 Å². The van der Waals surface area contributed by atoms with Crippen molar-refractivity contribution in [3.8, 4) is 5.75 Å². The van der Waals surface area contributed by atoms with E-state index in [1.807, 2.05) is 43.3 Å². The normalized spacial score (nSPS) is 16.7. The fourth-order valence-electron chi connectivity index (χ4n) is 3.13. The van der Waals surface area contributed by atoms with E-state index in [1.54, 1.807) is 6.07 Å². The lowest BCUT2D eigenvalue weighted by Gasteiger charge is -2.36. The second-order valence-corrected chi connectivity index (χ2v) is 6.52. The van der Waals surface area contributed by atoms with Crippen LogP contribution in [0.4, 0.5) is 10.1 Å². The minimum absolute atomic E-state index is 0.178. The average molecular weight is 344 g/mol. The van der Waals surface area contributed by atoms with Crippen LogP contribution < -0.4 is 9.64 Å². The van der Waals surface area contributed by atoms with Gasteiger partial charge >= 0.3 is 0 Å². The van der Waals surface area contributed by atoms with Crippen molar-refractivity contribution in [1.29, 1.82) is 0 Å². The molecular weight excluding hydrogens is 319 g/mol. The molecule has 2 aromatic rings. The summed E-state index contributed by atoms with van der Waals surface area (Å²) in [5.74, 6) is 0.603. The predicted molar refractivity (Wildman–Crippen MR) is 97.7 cm³/mol. The van der Waals surface area contributed by atoms with Crippen molar-refractivity contribution < 1.29 is 14.2 Å². The Bertz CT molecular complexity index is 687. The molecule has 1 heterocycles. The summed E-state index contributed by atoms with van der Waals surface area (Å²) < 4.78 is 19.5. The van der Waals surface area contributed by atoms with Crippen LogP contribution in [0.5, 0.6) is 5.75 Å². The largest absolute Gasteiger partial charge is 0.491 e. The van der Waals surface area contributed by atoms with Gasteiger partial charge in [0.15, 0.2) is 0 Å². The lowest BCUT2D eigenvalue weighted by Crippen LogP contribution is -2.49. The fraction of sp³-hybridized carbons (Fsp3) is 0.400. The monoisotopic (exact) mass is 344 g/mol. The van der Waals surface area contributed by atoms with Gasteiger partial charge in [-0.25, -0.2) is 4.39 Å². The van der Waals surface area contributed by atoms with Crippen molar-refractivity contribution in [2.45, 2.75) is 13.0 Å². The number of para-hydroxylation sites is 1. The third-order valence-corrected chi connectivity index (χ3v) is 4.47. The van der Waals surface area contributed by atoms with Gasteiger partial charge in [0.1, 0.15) is 24.3 Å². The highest BCUT2D eigenvalue weighted by atomic mass is 19.1. The number of halogens is 1. The number of piperazine rings is 1. The average Bonchev–Trinajstić information content (AvgIpc) is 2.61. The maximum atomic E-state index is 13.9. The molecule has 1 aliphatic rings. The first kappa shape index (κ1) is 17.7. The number of ether oxygens (including phenoxy) is 1. The zero-order chi connectivity index (χ0) is 17.6. The maximum absolute atomic E-state index is 13.9. The highest BCUT2D eigenvalue weighted by Gasteiger charge is 2.21. The van der Waals surface area contributed by atoms with Gasteiger partial charge in [0, 0.05) is 32.7 Å². The van der Waals surface area contributed by atoms with E-state index in [-0.39, 0.29) is 12.4 Å². The summed E-state index contributed by atoms with van der Waals surface area (Å²) in [6.45, 7) is 5.97. The summed E-state index contributed by atoms with van der Waals surface area (Å²) in [5, 5.41) is 10.2. The molecule has 0 spiro atoms. The number of nitrogens with zero attached hydrogens (tertiary/aromatic N) is 2. The first-order valence-corrected chi connectivity index (χ1v) is 8.71. The lowest BCUT2D eigenvalue weighted by atomic mass is 10.2. The Hall–Kier alpha value is -2.11. The zero-order valence-electron chi connectivity index (χ0n) is 14.6. The number of aryl methyl sites for hydroxylation is 1. The molecule has 5 heteroatoms. The van der Waals surface area contributed by atoms with Gasteiger partial charge in [-0.1, -0.05) is 24.3 Å². The Morgan fingerprint density at radius 2 is 1.84 bits per heavy atom. The van der Waals surface area contributed by atoms with Crippen LogP contribution in [-0.2, 0) is 0 Å². The van der Waals surface area contributed by atoms with Crippen LogP contribution in [0.2, 0.25) is 0 Å². The molecule has 0 radical (unpaired) electrons. The fourth-order valence-corrected chi connectivity index (χ4v) is 3.13. The van der Waals surface area contributed by atoms with Crippen LogP contribution in [-0.4, -0.2) is 55.4 Å². The molecule has 1 fully saturated rings. The Kier molecular flexibility index (Phi) is 5.89. The third-order valence-electron chi connectivity index (χ3n) is 4.47.